The maximum atomic E-state index is 10.2. The molecule has 0 unspecified atom stereocenters. The zero-order valence-electron chi connectivity index (χ0n) is 5.64. The molecule has 0 fully saturated rings. The van der Waals surface area contributed by atoms with E-state index in [4.69, 9.17) is 5.73 Å². The van der Waals surface area contributed by atoms with E-state index in [1.807, 2.05) is 0 Å². The van der Waals surface area contributed by atoms with E-state index in [9.17, 15) is 4.79 Å². The van der Waals surface area contributed by atoms with Crippen LogP contribution in [0, 0.1) is 0 Å². The van der Waals surface area contributed by atoms with Crippen LogP contribution in [0.1, 0.15) is 6.42 Å². The monoisotopic (exact) mass is 129 g/mol. The summed E-state index contributed by atoms with van der Waals surface area (Å²) in [6.07, 6.45) is 0.188. The number of nitrogens with zero attached hydrogens (tertiary/aromatic N) is 1. The van der Waals surface area contributed by atoms with Crippen molar-refractivity contribution in [3.63, 3.8) is 0 Å². The van der Waals surface area contributed by atoms with Gasteiger partial charge in [-0.2, -0.15) is 0 Å². The smallest absolute Gasteiger partial charge is 0.224 e. The van der Waals surface area contributed by atoms with Gasteiger partial charge in [0.25, 0.3) is 0 Å². The summed E-state index contributed by atoms with van der Waals surface area (Å²) >= 11 is 0. The molecule has 0 aromatic rings. The number of aliphatic imine (C=N–C) groups is 1. The lowest BCUT2D eigenvalue weighted by atomic mass is 10.4. The summed E-state index contributed by atoms with van der Waals surface area (Å²) in [6.45, 7) is 0. The predicted octanol–water partition coefficient (Wildman–Crippen LogP) is -0.890. The lowest BCUT2D eigenvalue weighted by Crippen LogP contribution is -2.25. The third-order valence-corrected chi connectivity index (χ3v) is 0.900. The number of rotatable bonds is 2. The van der Waals surface area contributed by atoms with Gasteiger partial charge in [0.15, 0.2) is 0 Å². The third kappa shape index (κ3) is 3.52. The van der Waals surface area contributed by atoms with Crippen LogP contribution in [-0.2, 0) is 4.79 Å². The molecule has 4 nitrogen and oxygen atoms in total. The number of carbonyl (C=O) groups is 1. The van der Waals surface area contributed by atoms with Crippen LogP contribution in [-0.4, -0.2) is 25.8 Å². The molecular formula is C5H11N3O. The van der Waals surface area contributed by atoms with Crippen molar-refractivity contribution in [2.45, 2.75) is 6.42 Å². The Kier molecular flexibility index (Phi) is 3.43. The number of carbonyl (C=O) groups excluding carboxylic acids is 1. The zero-order chi connectivity index (χ0) is 7.28. The average molecular weight is 129 g/mol. The first-order chi connectivity index (χ1) is 4.20. The molecule has 9 heavy (non-hydrogen) atoms. The summed E-state index contributed by atoms with van der Waals surface area (Å²) in [5.41, 5.74) is 4.88. The summed E-state index contributed by atoms with van der Waals surface area (Å²) in [5, 5.41) is 2.73. The first kappa shape index (κ1) is 7.94. The molecule has 0 rings (SSSR count). The molecule has 0 aromatic carbocycles. The van der Waals surface area contributed by atoms with E-state index in [1.165, 1.54) is 0 Å². The van der Waals surface area contributed by atoms with Crippen molar-refractivity contribution >= 4 is 11.7 Å². The van der Waals surface area contributed by atoms with Crippen LogP contribution in [0.5, 0.6) is 0 Å². The summed E-state index contributed by atoms with van der Waals surface area (Å²) in [5.74, 6) is 0.243. The second-order valence-corrected chi connectivity index (χ2v) is 1.56. The van der Waals surface area contributed by atoms with Gasteiger partial charge in [-0.3, -0.25) is 9.79 Å². The Morgan fingerprint density at radius 2 is 2.33 bits per heavy atom. The molecule has 0 bridgehead atoms. The summed E-state index contributed by atoms with van der Waals surface area (Å²) in [4.78, 5) is 14.0. The molecule has 0 atom stereocenters. The molecule has 0 saturated heterocycles. The number of nitrogens with two attached hydrogens (primary N) is 1. The van der Waals surface area contributed by atoms with Crippen LogP contribution in [0.3, 0.4) is 0 Å². The fourth-order valence-electron chi connectivity index (χ4n) is 0.444. The Bertz CT molecular complexity index is 130. The molecule has 0 aliphatic carbocycles. The fourth-order valence-corrected chi connectivity index (χ4v) is 0.444. The highest BCUT2D eigenvalue weighted by molar-refractivity contribution is 5.98. The van der Waals surface area contributed by atoms with Crippen molar-refractivity contribution in [1.29, 1.82) is 0 Å². The van der Waals surface area contributed by atoms with E-state index >= 15 is 0 Å². The average Bonchev–Trinajstić information content (AvgIpc) is 1.82. The Morgan fingerprint density at radius 3 is 2.44 bits per heavy atom. The van der Waals surface area contributed by atoms with Crippen LogP contribution >= 0.6 is 0 Å². The molecule has 52 valence electrons. The SMILES string of the molecule is CN=C(CC(N)=O)NC. The summed E-state index contributed by atoms with van der Waals surface area (Å²) in [7, 11) is 3.31. The Labute approximate surface area is 54.1 Å². The highest BCUT2D eigenvalue weighted by Gasteiger charge is 1.97. The molecule has 0 aliphatic rings. The summed E-state index contributed by atoms with van der Waals surface area (Å²) in [6, 6.07) is 0. The van der Waals surface area contributed by atoms with E-state index in [0.29, 0.717) is 5.84 Å². The van der Waals surface area contributed by atoms with Crippen molar-refractivity contribution in [3.05, 3.63) is 0 Å². The standard InChI is InChI=1S/C5H11N3O/c1-7-5(8-2)3-4(6)9/h3H2,1-2H3,(H2,6,9)(H,7,8). The van der Waals surface area contributed by atoms with Crippen molar-refractivity contribution < 1.29 is 4.79 Å². The van der Waals surface area contributed by atoms with Crippen LogP contribution in [0.4, 0.5) is 0 Å². The quantitative estimate of drug-likeness (QED) is 0.375. The molecule has 4 heteroatoms. The van der Waals surface area contributed by atoms with Crippen molar-refractivity contribution in [3.8, 4) is 0 Å². The van der Waals surface area contributed by atoms with Gasteiger partial charge < -0.3 is 11.1 Å². The van der Waals surface area contributed by atoms with Crippen LogP contribution in [0.2, 0.25) is 0 Å². The molecule has 0 radical (unpaired) electrons. The van der Waals surface area contributed by atoms with E-state index in [0.717, 1.165) is 0 Å². The molecule has 1 amide bonds. The lowest BCUT2D eigenvalue weighted by molar-refractivity contribution is -0.116. The van der Waals surface area contributed by atoms with Crippen LogP contribution < -0.4 is 11.1 Å². The number of primary amides is 1. The van der Waals surface area contributed by atoms with Crippen molar-refractivity contribution in [1.82, 2.24) is 5.32 Å². The molecule has 0 saturated carbocycles. The topological polar surface area (TPSA) is 67.5 Å². The van der Waals surface area contributed by atoms with E-state index in [2.05, 4.69) is 10.3 Å². The fraction of sp³-hybridized carbons (Fsp3) is 0.600. The maximum absolute atomic E-state index is 10.2. The van der Waals surface area contributed by atoms with E-state index in [-0.39, 0.29) is 12.3 Å². The number of nitrogens with one attached hydrogen (secondary N) is 1. The highest BCUT2D eigenvalue weighted by atomic mass is 16.1. The number of hydrogen-bond acceptors (Lipinski definition) is 2. The minimum Gasteiger partial charge on any atom is -0.376 e. The van der Waals surface area contributed by atoms with E-state index < -0.39 is 0 Å². The number of amidine groups is 1. The van der Waals surface area contributed by atoms with Gasteiger partial charge in [-0.25, -0.2) is 0 Å². The lowest BCUT2D eigenvalue weighted by Gasteiger charge is -1.98. The van der Waals surface area contributed by atoms with Gasteiger partial charge in [-0.1, -0.05) is 0 Å². The van der Waals surface area contributed by atoms with Gasteiger partial charge in [0.2, 0.25) is 5.91 Å². The molecular weight excluding hydrogens is 118 g/mol. The second kappa shape index (κ2) is 3.88. The van der Waals surface area contributed by atoms with Crippen LogP contribution in [0.25, 0.3) is 0 Å². The molecule has 0 heterocycles. The van der Waals surface area contributed by atoms with Crippen LogP contribution in [0.15, 0.2) is 4.99 Å². The van der Waals surface area contributed by atoms with Gasteiger partial charge in [0.05, 0.1) is 6.42 Å². The first-order valence-corrected chi connectivity index (χ1v) is 2.62. The Hall–Kier alpha value is -1.06. The normalized spacial score (nSPS) is 11.1. The maximum Gasteiger partial charge on any atom is 0.224 e. The molecule has 3 N–H and O–H groups in total. The summed E-state index contributed by atoms with van der Waals surface area (Å²) < 4.78 is 0. The van der Waals surface area contributed by atoms with Crippen molar-refractivity contribution in [2.24, 2.45) is 10.7 Å². The van der Waals surface area contributed by atoms with Gasteiger partial charge in [-0.15, -0.1) is 0 Å². The highest BCUT2D eigenvalue weighted by Crippen LogP contribution is 1.77. The second-order valence-electron chi connectivity index (χ2n) is 1.56. The Balaban J connectivity index is 3.71. The molecule has 0 aliphatic heterocycles. The van der Waals surface area contributed by atoms with Gasteiger partial charge in [0, 0.05) is 14.1 Å². The largest absolute Gasteiger partial charge is 0.376 e. The number of hydrogen-bond donors (Lipinski definition) is 2. The van der Waals surface area contributed by atoms with Gasteiger partial charge in [0.1, 0.15) is 5.84 Å². The zero-order valence-corrected chi connectivity index (χ0v) is 5.64. The third-order valence-electron chi connectivity index (χ3n) is 0.900. The van der Waals surface area contributed by atoms with Gasteiger partial charge >= 0.3 is 0 Å². The minimum absolute atomic E-state index is 0.188. The predicted molar refractivity (Wildman–Crippen MR) is 36.2 cm³/mol. The number of amides is 1. The first-order valence-electron chi connectivity index (χ1n) is 2.62. The van der Waals surface area contributed by atoms with Gasteiger partial charge in [-0.05, 0) is 0 Å². The molecule has 0 aromatic heterocycles. The van der Waals surface area contributed by atoms with Crippen molar-refractivity contribution in [2.75, 3.05) is 14.1 Å². The Morgan fingerprint density at radius 1 is 1.78 bits per heavy atom. The minimum atomic E-state index is -0.370. The van der Waals surface area contributed by atoms with E-state index in [1.54, 1.807) is 14.1 Å². The molecule has 0 spiro atoms.